The first-order valence-electron chi connectivity index (χ1n) is 7.17. The number of hydrazone groups is 1. The number of benzene rings is 2. The molecular weight excluding hydrogens is 417 g/mol. The van der Waals surface area contributed by atoms with E-state index >= 15 is 0 Å². The number of halogens is 4. The molecule has 3 nitrogen and oxygen atoms in total. The summed E-state index contributed by atoms with van der Waals surface area (Å²) in [5, 5.41) is 3.61. The van der Waals surface area contributed by atoms with Gasteiger partial charge in [-0.25, -0.2) is 5.43 Å². The third-order valence-electron chi connectivity index (χ3n) is 3.11. The van der Waals surface area contributed by atoms with Gasteiger partial charge in [0.05, 0.1) is 17.5 Å². The van der Waals surface area contributed by atoms with Crippen molar-refractivity contribution >= 4 is 39.8 Å². The van der Waals surface area contributed by atoms with E-state index in [1.807, 2.05) is 24.3 Å². The van der Waals surface area contributed by atoms with Crippen molar-refractivity contribution in [1.29, 1.82) is 0 Å². The van der Waals surface area contributed by atoms with Crippen molar-refractivity contribution in [2.24, 2.45) is 5.10 Å². The molecule has 2 aromatic carbocycles. The van der Waals surface area contributed by atoms with Crippen LogP contribution in [0.3, 0.4) is 0 Å². The quantitative estimate of drug-likeness (QED) is 0.525. The van der Waals surface area contributed by atoms with E-state index in [-0.39, 0.29) is 17.2 Å². The number of nitrogens with zero attached hydrogens (tertiary/aromatic N) is 1. The molecule has 0 saturated carbocycles. The van der Waals surface area contributed by atoms with Crippen molar-refractivity contribution in [2.75, 3.05) is 5.75 Å². The maximum atomic E-state index is 12.8. The number of amides is 1. The van der Waals surface area contributed by atoms with E-state index in [4.69, 9.17) is 0 Å². The molecule has 0 fully saturated rings. The third kappa shape index (κ3) is 6.21. The van der Waals surface area contributed by atoms with Crippen LogP contribution in [-0.4, -0.2) is 17.9 Å². The lowest BCUT2D eigenvalue weighted by Gasteiger charge is -2.09. The summed E-state index contributed by atoms with van der Waals surface area (Å²) in [4.78, 5) is 11.7. The van der Waals surface area contributed by atoms with Gasteiger partial charge in [0.25, 0.3) is 0 Å². The molecular formula is C17H14BrF3N2OS. The second-order valence-electron chi connectivity index (χ2n) is 4.96. The average molecular weight is 431 g/mol. The number of thioether (sulfide) groups is 1. The van der Waals surface area contributed by atoms with Crippen LogP contribution in [0.5, 0.6) is 0 Å². The Bertz CT molecular complexity index is 766. The summed E-state index contributed by atoms with van der Waals surface area (Å²) in [7, 11) is 0. The summed E-state index contributed by atoms with van der Waals surface area (Å²) in [5.74, 6) is 0.410. The molecule has 0 atom stereocenters. The summed E-state index contributed by atoms with van der Waals surface area (Å²) >= 11 is 4.81. The van der Waals surface area contributed by atoms with Crippen molar-refractivity contribution in [1.82, 2.24) is 5.43 Å². The largest absolute Gasteiger partial charge is 0.417 e. The fraction of sp³-hybridized carbons (Fsp3) is 0.176. The summed E-state index contributed by atoms with van der Waals surface area (Å²) in [6.45, 7) is 0. The molecule has 1 amide bonds. The van der Waals surface area contributed by atoms with Crippen LogP contribution in [0.15, 0.2) is 58.1 Å². The molecule has 132 valence electrons. The van der Waals surface area contributed by atoms with Gasteiger partial charge in [-0.15, -0.1) is 11.8 Å². The summed E-state index contributed by atoms with van der Waals surface area (Å²) < 4.78 is 39.5. The molecule has 2 rings (SSSR count). The molecule has 0 aromatic heterocycles. The molecule has 0 aliphatic rings. The Kier molecular flexibility index (Phi) is 7.07. The predicted octanol–water partition coefficient (Wildman–Crippen LogP) is 4.85. The van der Waals surface area contributed by atoms with Crippen LogP contribution in [0, 0.1) is 0 Å². The van der Waals surface area contributed by atoms with Gasteiger partial charge in [0, 0.05) is 15.8 Å². The highest BCUT2D eigenvalue weighted by molar-refractivity contribution is 9.10. The maximum Gasteiger partial charge on any atom is 0.417 e. The van der Waals surface area contributed by atoms with Crippen molar-refractivity contribution in [3.05, 3.63) is 69.7 Å². The van der Waals surface area contributed by atoms with Crippen LogP contribution in [0.2, 0.25) is 0 Å². The first kappa shape index (κ1) is 19.5. The van der Waals surface area contributed by atoms with Gasteiger partial charge in [0.1, 0.15) is 0 Å². The zero-order valence-electron chi connectivity index (χ0n) is 12.9. The fourth-order valence-corrected chi connectivity index (χ4v) is 3.38. The highest BCUT2D eigenvalue weighted by Gasteiger charge is 2.32. The zero-order valence-corrected chi connectivity index (χ0v) is 15.3. The predicted molar refractivity (Wildman–Crippen MR) is 97.5 cm³/mol. The molecule has 0 aliphatic heterocycles. The number of carbonyl (C=O) groups is 1. The van der Waals surface area contributed by atoms with Crippen LogP contribution in [0.1, 0.15) is 16.7 Å². The van der Waals surface area contributed by atoms with E-state index in [0.29, 0.717) is 5.75 Å². The first-order valence-corrected chi connectivity index (χ1v) is 9.12. The Balaban J connectivity index is 1.84. The molecule has 0 saturated heterocycles. The molecule has 0 unspecified atom stereocenters. The highest BCUT2D eigenvalue weighted by atomic mass is 79.9. The van der Waals surface area contributed by atoms with Gasteiger partial charge in [-0.2, -0.15) is 18.3 Å². The van der Waals surface area contributed by atoms with Crippen molar-refractivity contribution in [2.45, 2.75) is 11.9 Å². The second-order valence-corrected chi connectivity index (χ2v) is 6.80. The lowest BCUT2D eigenvalue weighted by atomic mass is 10.1. The third-order valence-corrected chi connectivity index (χ3v) is 4.86. The smallest absolute Gasteiger partial charge is 0.272 e. The van der Waals surface area contributed by atoms with Crippen molar-refractivity contribution in [3.8, 4) is 0 Å². The lowest BCUT2D eigenvalue weighted by Crippen LogP contribution is -2.20. The van der Waals surface area contributed by atoms with Crippen LogP contribution in [0.25, 0.3) is 0 Å². The second kappa shape index (κ2) is 9.05. The molecule has 0 aliphatic carbocycles. The van der Waals surface area contributed by atoms with E-state index in [0.717, 1.165) is 22.3 Å². The minimum atomic E-state index is -4.47. The van der Waals surface area contributed by atoms with Gasteiger partial charge in [-0.3, -0.25) is 4.79 Å². The molecule has 0 heterocycles. The van der Waals surface area contributed by atoms with Gasteiger partial charge in [-0.1, -0.05) is 52.3 Å². The van der Waals surface area contributed by atoms with Crippen LogP contribution in [-0.2, 0) is 16.7 Å². The monoisotopic (exact) mass is 430 g/mol. The molecule has 8 heteroatoms. The number of carbonyl (C=O) groups excluding carboxylic acids is 1. The molecule has 25 heavy (non-hydrogen) atoms. The van der Waals surface area contributed by atoms with Gasteiger partial charge in [-0.05, 0) is 17.7 Å². The van der Waals surface area contributed by atoms with Gasteiger partial charge in [0.15, 0.2) is 0 Å². The minimum absolute atomic E-state index is 0.101. The van der Waals surface area contributed by atoms with Gasteiger partial charge >= 0.3 is 6.18 Å². The summed E-state index contributed by atoms with van der Waals surface area (Å²) in [5.41, 5.74) is 2.40. The Hall–Kier alpha value is -1.80. The number of nitrogens with one attached hydrogen (secondary N) is 1. The molecule has 1 N–H and O–H groups in total. The minimum Gasteiger partial charge on any atom is -0.272 e. The fourth-order valence-electron chi connectivity index (χ4n) is 1.94. The molecule has 0 bridgehead atoms. The van der Waals surface area contributed by atoms with E-state index in [2.05, 4.69) is 26.5 Å². The average Bonchev–Trinajstić information content (AvgIpc) is 2.56. The number of hydrogen-bond donors (Lipinski definition) is 1. The van der Waals surface area contributed by atoms with Gasteiger partial charge in [0.2, 0.25) is 5.91 Å². The van der Waals surface area contributed by atoms with Crippen molar-refractivity contribution < 1.29 is 18.0 Å². The Morgan fingerprint density at radius 1 is 1.16 bits per heavy atom. The van der Waals surface area contributed by atoms with E-state index in [9.17, 15) is 18.0 Å². The zero-order chi connectivity index (χ0) is 18.3. The molecule has 0 radical (unpaired) electrons. The molecule has 0 spiro atoms. The standard InChI is InChI=1S/C17H14BrF3N2OS/c18-15-8-4-2-6-13(15)10-25-11-16(24)23-22-9-12-5-1-3-7-14(12)17(19,20)21/h1-9H,10-11H2,(H,23,24)/b22-9+. The lowest BCUT2D eigenvalue weighted by molar-refractivity contribution is -0.137. The maximum absolute atomic E-state index is 12.8. The first-order chi connectivity index (χ1) is 11.9. The number of alkyl halides is 3. The van der Waals surface area contributed by atoms with Crippen LogP contribution >= 0.6 is 27.7 Å². The number of hydrogen-bond acceptors (Lipinski definition) is 3. The Morgan fingerprint density at radius 2 is 1.84 bits per heavy atom. The van der Waals surface area contributed by atoms with Crippen LogP contribution in [0.4, 0.5) is 13.2 Å². The van der Waals surface area contributed by atoms with Crippen LogP contribution < -0.4 is 5.43 Å². The normalized spacial score (nSPS) is 11.7. The molecule has 2 aromatic rings. The van der Waals surface area contributed by atoms with E-state index in [1.165, 1.54) is 30.0 Å². The summed E-state index contributed by atoms with van der Waals surface area (Å²) in [6, 6.07) is 12.7. The topological polar surface area (TPSA) is 41.5 Å². The SMILES string of the molecule is O=C(CSCc1ccccc1Br)N/N=C/c1ccccc1C(F)(F)F. The summed E-state index contributed by atoms with van der Waals surface area (Å²) in [6.07, 6.45) is -3.47. The Morgan fingerprint density at radius 3 is 2.56 bits per heavy atom. The van der Waals surface area contributed by atoms with Gasteiger partial charge < -0.3 is 0 Å². The Labute approximate surface area is 155 Å². The number of rotatable bonds is 6. The van der Waals surface area contributed by atoms with Crippen molar-refractivity contribution in [3.63, 3.8) is 0 Å². The van der Waals surface area contributed by atoms with E-state index in [1.54, 1.807) is 0 Å². The highest BCUT2D eigenvalue weighted by Crippen LogP contribution is 2.31. The van der Waals surface area contributed by atoms with E-state index < -0.39 is 11.7 Å².